The van der Waals surface area contributed by atoms with E-state index in [1.54, 1.807) is 6.26 Å². The van der Waals surface area contributed by atoms with Gasteiger partial charge in [-0.05, 0) is 19.4 Å². The molecule has 2 aliphatic heterocycles. The number of hydrogen-bond acceptors (Lipinski definition) is 3. The maximum absolute atomic E-state index is 5.85. The first kappa shape index (κ1) is 8.75. The normalized spacial score (nSPS) is 36.4. The summed E-state index contributed by atoms with van der Waals surface area (Å²) in [6.45, 7) is 4.11. The van der Waals surface area contributed by atoms with Gasteiger partial charge in [0.1, 0.15) is 17.6 Å². The number of hydrogen-bond donors (Lipinski definition) is 0. The number of nitrogens with zero attached hydrogens (tertiary/aromatic N) is 2. The topological polar surface area (TPSA) is 34.0 Å². The van der Waals surface area contributed by atoms with Gasteiger partial charge in [-0.15, -0.1) is 0 Å². The minimum atomic E-state index is -0.347. The lowest BCUT2D eigenvalue weighted by Crippen LogP contribution is -2.26. The van der Waals surface area contributed by atoms with Crippen molar-refractivity contribution in [2.45, 2.75) is 31.4 Å². The van der Waals surface area contributed by atoms with E-state index in [1.807, 2.05) is 13.0 Å². The zero-order chi connectivity index (χ0) is 9.47. The molecule has 70 valence electrons. The molecule has 2 unspecified atom stereocenters. The van der Waals surface area contributed by atoms with E-state index < -0.39 is 0 Å². The Bertz CT molecular complexity index is 322. The van der Waals surface area contributed by atoms with Crippen molar-refractivity contribution in [1.29, 1.82) is 0 Å². The Morgan fingerprint density at radius 3 is 3.15 bits per heavy atom. The highest BCUT2D eigenvalue weighted by Crippen LogP contribution is 2.40. The molecule has 0 amide bonds. The molecule has 4 heteroatoms. The van der Waals surface area contributed by atoms with Gasteiger partial charge in [-0.3, -0.25) is 0 Å². The lowest BCUT2D eigenvalue weighted by molar-refractivity contribution is 0.0899. The summed E-state index contributed by atoms with van der Waals surface area (Å²) in [5.74, 6) is 0. The summed E-state index contributed by atoms with van der Waals surface area (Å²) < 4.78 is 5.54. The van der Waals surface area contributed by atoms with E-state index in [1.165, 1.54) is 0 Å². The third kappa shape index (κ3) is 1.27. The van der Waals surface area contributed by atoms with Crippen molar-refractivity contribution in [1.82, 2.24) is 0 Å². The molecule has 3 nitrogen and oxygen atoms in total. The van der Waals surface area contributed by atoms with Gasteiger partial charge in [0.05, 0.1) is 0 Å². The molecule has 0 N–H and O–H groups in total. The lowest BCUT2D eigenvalue weighted by atomic mass is 9.92. The third-order valence-corrected chi connectivity index (χ3v) is 2.74. The molecule has 0 aromatic rings. The standard InChI is InChI=1S/C9H11ClN2O/c1-3-9(2)6-4-8(10)12-11-7(6)5-13-9/h4-5,8H,3H2,1-2H3. The van der Waals surface area contributed by atoms with Crippen molar-refractivity contribution >= 4 is 11.6 Å². The fourth-order valence-corrected chi connectivity index (χ4v) is 1.65. The van der Waals surface area contributed by atoms with Gasteiger partial charge in [-0.2, -0.15) is 10.2 Å². The first-order valence-electron chi connectivity index (χ1n) is 4.31. The predicted octanol–water partition coefficient (Wildman–Crippen LogP) is 2.98. The first-order chi connectivity index (χ1) is 6.15. The molecule has 2 atom stereocenters. The highest BCUT2D eigenvalue weighted by molar-refractivity contribution is 6.21. The number of rotatable bonds is 1. The Kier molecular flexibility index (Phi) is 1.91. The molecule has 0 saturated heterocycles. The van der Waals surface area contributed by atoms with Crippen LogP contribution in [0.3, 0.4) is 0 Å². The van der Waals surface area contributed by atoms with Crippen molar-refractivity contribution < 1.29 is 4.74 Å². The highest BCUT2D eigenvalue weighted by Gasteiger charge is 2.37. The van der Waals surface area contributed by atoms with E-state index in [-0.39, 0.29) is 11.1 Å². The highest BCUT2D eigenvalue weighted by atomic mass is 35.5. The fourth-order valence-electron chi connectivity index (χ4n) is 1.48. The van der Waals surface area contributed by atoms with Crippen LogP contribution in [-0.2, 0) is 4.74 Å². The van der Waals surface area contributed by atoms with Crippen LogP contribution in [0.25, 0.3) is 0 Å². The summed E-state index contributed by atoms with van der Waals surface area (Å²) in [6.07, 6.45) is 4.45. The molecule has 0 aliphatic carbocycles. The van der Waals surface area contributed by atoms with E-state index in [9.17, 15) is 0 Å². The van der Waals surface area contributed by atoms with Gasteiger partial charge < -0.3 is 4.74 Å². The van der Waals surface area contributed by atoms with Gasteiger partial charge in [0.25, 0.3) is 0 Å². The average Bonchev–Trinajstić information content (AvgIpc) is 2.45. The minimum absolute atomic E-state index is 0.262. The second-order valence-electron chi connectivity index (χ2n) is 3.37. The molecular formula is C9H11ClN2O. The molecule has 0 aromatic carbocycles. The average molecular weight is 199 g/mol. The van der Waals surface area contributed by atoms with E-state index >= 15 is 0 Å². The van der Waals surface area contributed by atoms with Crippen LogP contribution in [0.5, 0.6) is 0 Å². The summed E-state index contributed by atoms with van der Waals surface area (Å²) >= 11 is 5.85. The summed E-state index contributed by atoms with van der Waals surface area (Å²) in [5.41, 5.74) is 1.26. The largest absolute Gasteiger partial charge is 0.488 e. The Morgan fingerprint density at radius 1 is 1.69 bits per heavy atom. The minimum Gasteiger partial charge on any atom is -0.488 e. The Hall–Kier alpha value is -0.830. The molecule has 0 spiro atoms. The maximum Gasteiger partial charge on any atom is 0.163 e. The number of azo groups is 1. The van der Waals surface area contributed by atoms with Gasteiger partial charge in [-0.1, -0.05) is 18.5 Å². The monoisotopic (exact) mass is 198 g/mol. The van der Waals surface area contributed by atoms with Crippen LogP contribution in [-0.4, -0.2) is 11.1 Å². The summed E-state index contributed by atoms with van der Waals surface area (Å²) in [6, 6.07) is 0. The molecule has 2 rings (SSSR count). The van der Waals surface area contributed by atoms with Crippen LogP contribution >= 0.6 is 11.6 Å². The van der Waals surface area contributed by atoms with Crippen LogP contribution in [0.1, 0.15) is 20.3 Å². The fraction of sp³-hybridized carbons (Fsp3) is 0.556. The van der Waals surface area contributed by atoms with E-state index in [2.05, 4.69) is 17.2 Å². The zero-order valence-corrected chi connectivity index (χ0v) is 8.38. The number of ether oxygens (including phenoxy) is 1. The molecule has 13 heavy (non-hydrogen) atoms. The Balaban J connectivity index is 2.37. The molecule has 2 aliphatic rings. The molecule has 0 fully saturated rings. The predicted molar refractivity (Wildman–Crippen MR) is 50.4 cm³/mol. The SMILES string of the molecule is CCC1(C)OC=C2N=NC(Cl)C=C21. The molecule has 0 radical (unpaired) electrons. The van der Waals surface area contributed by atoms with Crippen LogP contribution in [0.2, 0.25) is 0 Å². The Labute approximate surface area is 82.1 Å². The van der Waals surface area contributed by atoms with E-state index in [0.717, 1.165) is 17.7 Å². The van der Waals surface area contributed by atoms with Gasteiger partial charge in [0.15, 0.2) is 5.50 Å². The molecular weight excluding hydrogens is 188 g/mol. The van der Waals surface area contributed by atoms with Crippen molar-refractivity contribution in [2.24, 2.45) is 10.2 Å². The summed E-state index contributed by atoms with van der Waals surface area (Å²) in [7, 11) is 0. The van der Waals surface area contributed by atoms with E-state index in [0.29, 0.717) is 0 Å². The second kappa shape index (κ2) is 2.84. The van der Waals surface area contributed by atoms with Crippen LogP contribution in [0.4, 0.5) is 0 Å². The van der Waals surface area contributed by atoms with Crippen molar-refractivity contribution in [3.63, 3.8) is 0 Å². The van der Waals surface area contributed by atoms with Crippen molar-refractivity contribution in [3.05, 3.63) is 23.6 Å². The Morgan fingerprint density at radius 2 is 2.46 bits per heavy atom. The lowest BCUT2D eigenvalue weighted by Gasteiger charge is -2.25. The third-order valence-electron chi connectivity index (χ3n) is 2.53. The van der Waals surface area contributed by atoms with Crippen LogP contribution < -0.4 is 0 Å². The summed E-state index contributed by atoms with van der Waals surface area (Å²) in [5, 5.41) is 7.81. The van der Waals surface area contributed by atoms with E-state index in [4.69, 9.17) is 16.3 Å². The van der Waals surface area contributed by atoms with Gasteiger partial charge in [0.2, 0.25) is 0 Å². The molecule has 0 bridgehead atoms. The number of alkyl halides is 1. The first-order valence-corrected chi connectivity index (χ1v) is 4.75. The quantitative estimate of drug-likeness (QED) is 0.471. The smallest absolute Gasteiger partial charge is 0.163 e. The number of fused-ring (bicyclic) bond motifs is 1. The summed E-state index contributed by atoms with van der Waals surface area (Å²) in [4.78, 5) is 0. The number of halogens is 1. The van der Waals surface area contributed by atoms with Crippen LogP contribution in [0.15, 0.2) is 33.8 Å². The van der Waals surface area contributed by atoms with Crippen molar-refractivity contribution in [2.75, 3.05) is 0 Å². The molecule has 2 heterocycles. The van der Waals surface area contributed by atoms with Gasteiger partial charge in [0, 0.05) is 5.57 Å². The van der Waals surface area contributed by atoms with Crippen molar-refractivity contribution in [3.8, 4) is 0 Å². The zero-order valence-electron chi connectivity index (χ0n) is 7.62. The maximum atomic E-state index is 5.85. The van der Waals surface area contributed by atoms with Gasteiger partial charge >= 0.3 is 0 Å². The van der Waals surface area contributed by atoms with Gasteiger partial charge in [-0.25, -0.2) is 0 Å². The molecule has 0 saturated carbocycles. The molecule has 0 aromatic heterocycles. The second-order valence-corrected chi connectivity index (χ2v) is 3.82. The van der Waals surface area contributed by atoms with Crippen LogP contribution in [0, 0.1) is 0 Å².